The number of nitrogens with zero attached hydrogens (tertiary/aromatic N) is 1. The van der Waals surface area contributed by atoms with Crippen LogP contribution in [-0.4, -0.2) is 23.9 Å². The van der Waals surface area contributed by atoms with E-state index in [0.717, 1.165) is 27.8 Å². The molecule has 1 unspecified atom stereocenters. The third-order valence-corrected chi connectivity index (χ3v) is 6.04. The molecule has 1 fully saturated rings. The first-order valence-electron chi connectivity index (χ1n) is 10.8. The van der Waals surface area contributed by atoms with Crippen molar-refractivity contribution in [3.63, 3.8) is 0 Å². The highest BCUT2D eigenvalue weighted by Crippen LogP contribution is 2.43. The topological polar surface area (TPSA) is 66.8 Å². The molecule has 1 N–H and O–H groups in total. The summed E-state index contributed by atoms with van der Waals surface area (Å²) in [6.45, 7) is 7.62. The van der Waals surface area contributed by atoms with Gasteiger partial charge in [-0.1, -0.05) is 36.4 Å². The number of benzene rings is 3. The number of carbonyl (C=O) groups excluding carboxylic acids is 2. The number of Topliss-reactive ketones (excluding diaryl/α,β-unsaturated/α-hetero) is 1. The Bertz CT molecular complexity index is 1270. The minimum absolute atomic E-state index is 0.0815. The summed E-state index contributed by atoms with van der Waals surface area (Å²) in [7, 11) is 1.59. The largest absolute Gasteiger partial charge is 0.507 e. The average Bonchev–Trinajstić information content (AvgIpc) is 3.05. The van der Waals surface area contributed by atoms with E-state index in [1.807, 2.05) is 82.3 Å². The van der Waals surface area contributed by atoms with Crippen molar-refractivity contribution in [1.82, 2.24) is 0 Å². The standard InChI is InChI=1S/C28H27NO4/c1-16-11-17(2)13-21(12-16)29-25(20-9-7-6-8-10-20)24(27(31)28(29)32)26(30)22-14-19(4)23(33-5)15-18(22)3/h6-15,25,30H,1-5H3/b26-24+. The first kappa shape index (κ1) is 22.3. The predicted octanol–water partition coefficient (Wildman–Crippen LogP) is 5.56. The molecule has 1 heterocycles. The van der Waals surface area contributed by atoms with E-state index < -0.39 is 17.7 Å². The van der Waals surface area contributed by atoms with Gasteiger partial charge < -0.3 is 9.84 Å². The maximum atomic E-state index is 13.3. The van der Waals surface area contributed by atoms with Gasteiger partial charge in [-0.25, -0.2) is 0 Å². The SMILES string of the molecule is COc1cc(C)c(/C(O)=C2\C(=O)C(=O)N(c3cc(C)cc(C)c3)C2c2ccccc2)cc1C. The van der Waals surface area contributed by atoms with Crippen LogP contribution in [0.1, 0.15) is 39.4 Å². The molecule has 0 radical (unpaired) electrons. The lowest BCUT2D eigenvalue weighted by atomic mass is 9.93. The number of amides is 1. The molecule has 0 spiro atoms. The summed E-state index contributed by atoms with van der Waals surface area (Å²) < 4.78 is 5.38. The van der Waals surface area contributed by atoms with Gasteiger partial charge in [0.05, 0.1) is 18.7 Å². The number of aliphatic hydroxyl groups excluding tert-OH is 1. The first-order valence-corrected chi connectivity index (χ1v) is 10.8. The molecule has 0 bridgehead atoms. The van der Waals surface area contributed by atoms with Gasteiger partial charge in [0.15, 0.2) is 0 Å². The minimum Gasteiger partial charge on any atom is -0.507 e. The number of anilines is 1. The highest BCUT2D eigenvalue weighted by Gasteiger charge is 2.47. The molecule has 3 aromatic carbocycles. The summed E-state index contributed by atoms with van der Waals surface area (Å²) in [4.78, 5) is 28.2. The fraction of sp³-hybridized carbons (Fsp3) is 0.214. The Morgan fingerprint density at radius 2 is 1.52 bits per heavy atom. The van der Waals surface area contributed by atoms with Gasteiger partial charge in [-0.05, 0) is 79.8 Å². The van der Waals surface area contributed by atoms with Crippen LogP contribution >= 0.6 is 0 Å². The van der Waals surface area contributed by atoms with E-state index in [2.05, 4.69) is 0 Å². The summed E-state index contributed by atoms with van der Waals surface area (Å²) in [5, 5.41) is 11.4. The van der Waals surface area contributed by atoms with Crippen molar-refractivity contribution >= 4 is 23.1 Å². The molecular formula is C28H27NO4. The molecule has 5 nitrogen and oxygen atoms in total. The number of rotatable bonds is 4. The molecule has 33 heavy (non-hydrogen) atoms. The molecule has 3 aromatic rings. The normalized spacial score (nSPS) is 17.5. The Kier molecular flexibility index (Phi) is 5.81. The number of hydrogen-bond acceptors (Lipinski definition) is 4. The van der Waals surface area contributed by atoms with Crippen molar-refractivity contribution in [1.29, 1.82) is 0 Å². The molecule has 1 aliphatic rings. The van der Waals surface area contributed by atoms with Crippen LogP contribution in [0.25, 0.3) is 5.76 Å². The van der Waals surface area contributed by atoms with E-state index >= 15 is 0 Å². The molecule has 168 valence electrons. The van der Waals surface area contributed by atoms with Crippen LogP contribution in [0.5, 0.6) is 5.75 Å². The number of ketones is 1. The third-order valence-electron chi connectivity index (χ3n) is 6.04. The van der Waals surface area contributed by atoms with Gasteiger partial charge in [0, 0.05) is 11.3 Å². The Labute approximate surface area is 193 Å². The summed E-state index contributed by atoms with van der Waals surface area (Å²) in [6.07, 6.45) is 0. The lowest BCUT2D eigenvalue weighted by Crippen LogP contribution is -2.29. The highest BCUT2D eigenvalue weighted by atomic mass is 16.5. The molecule has 1 saturated heterocycles. The van der Waals surface area contributed by atoms with Gasteiger partial charge >= 0.3 is 0 Å². The molecule has 0 aliphatic carbocycles. The van der Waals surface area contributed by atoms with Gasteiger partial charge in [-0.2, -0.15) is 0 Å². The average molecular weight is 442 g/mol. The molecule has 4 rings (SSSR count). The van der Waals surface area contributed by atoms with Crippen LogP contribution in [0.2, 0.25) is 0 Å². The second-order valence-electron chi connectivity index (χ2n) is 8.56. The fourth-order valence-electron chi connectivity index (χ4n) is 4.55. The number of methoxy groups -OCH3 is 1. The van der Waals surface area contributed by atoms with Gasteiger partial charge in [-0.15, -0.1) is 0 Å². The monoisotopic (exact) mass is 441 g/mol. The van der Waals surface area contributed by atoms with Crippen molar-refractivity contribution in [3.8, 4) is 5.75 Å². The van der Waals surface area contributed by atoms with Crippen molar-refractivity contribution in [2.75, 3.05) is 12.0 Å². The van der Waals surface area contributed by atoms with Crippen molar-refractivity contribution in [2.24, 2.45) is 0 Å². The second kappa shape index (κ2) is 8.58. The molecule has 0 aromatic heterocycles. The zero-order chi connectivity index (χ0) is 23.9. The van der Waals surface area contributed by atoms with Crippen molar-refractivity contribution in [3.05, 3.63) is 99.6 Å². The Balaban J connectivity index is 1.98. The summed E-state index contributed by atoms with van der Waals surface area (Å²) in [5.41, 5.74) is 5.51. The van der Waals surface area contributed by atoms with Crippen molar-refractivity contribution in [2.45, 2.75) is 33.7 Å². The minimum atomic E-state index is -0.741. The number of hydrogen-bond donors (Lipinski definition) is 1. The smallest absolute Gasteiger partial charge is 0.300 e. The van der Waals surface area contributed by atoms with E-state index in [1.54, 1.807) is 13.2 Å². The zero-order valence-electron chi connectivity index (χ0n) is 19.5. The van der Waals surface area contributed by atoms with Gasteiger partial charge in [-0.3, -0.25) is 14.5 Å². The summed E-state index contributed by atoms with van der Waals surface area (Å²) in [6, 6.07) is 18.0. The quantitative estimate of drug-likeness (QED) is 0.327. The van der Waals surface area contributed by atoms with E-state index in [-0.39, 0.29) is 11.3 Å². The van der Waals surface area contributed by atoms with Crippen LogP contribution in [0.4, 0.5) is 5.69 Å². The molecule has 1 atom stereocenters. The molecule has 0 saturated carbocycles. The fourth-order valence-corrected chi connectivity index (χ4v) is 4.55. The number of ether oxygens (including phenoxy) is 1. The van der Waals surface area contributed by atoms with Crippen LogP contribution < -0.4 is 9.64 Å². The zero-order valence-corrected chi connectivity index (χ0v) is 19.5. The van der Waals surface area contributed by atoms with E-state index in [0.29, 0.717) is 17.0 Å². The lowest BCUT2D eigenvalue weighted by Gasteiger charge is -2.26. The van der Waals surface area contributed by atoms with E-state index in [4.69, 9.17) is 4.74 Å². The van der Waals surface area contributed by atoms with Gasteiger partial charge in [0.2, 0.25) is 0 Å². The third kappa shape index (κ3) is 3.91. The number of aryl methyl sites for hydroxylation is 4. The molecular weight excluding hydrogens is 414 g/mol. The number of carbonyl (C=O) groups is 2. The predicted molar refractivity (Wildman–Crippen MR) is 130 cm³/mol. The first-order chi connectivity index (χ1) is 15.7. The number of aliphatic hydroxyl groups is 1. The van der Waals surface area contributed by atoms with Gasteiger partial charge in [0.1, 0.15) is 11.5 Å². The van der Waals surface area contributed by atoms with Crippen LogP contribution in [0.3, 0.4) is 0 Å². The van der Waals surface area contributed by atoms with E-state index in [9.17, 15) is 14.7 Å². The lowest BCUT2D eigenvalue weighted by molar-refractivity contribution is -0.132. The van der Waals surface area contributed by atoms with Gasteiger partial charge in [0.25, 0.3) is 11.7 Å². The Morgan fingerprint density at radius 3 is 2.12 bits per heavy atom. The van der Waals surface area contributed by atoms with Crippen LogP contribution in [0, 0.1) is 27.7 Å². The highest BCUT2D eigenvalue weighted by molar-refractivity contribution is 6.51. The van der Waals surface area contributed by atoms with Crippen molar-refractivity contribution < 1.29 is 19.4 Å². The maximum Gasteiger partial charge on any atom is 0.300 e. The van der Waals surface area contributed by atoms with Crippen LogP contribution in [-0.2, 0) is 9.59 Å². The molecule has 1 aliphatic heterocycles. The Morgan fingerprint density at radius 1 is 0.879 bits per heavy atom. The maximum absolute atomic E-state index is 13.3. The molecule has 1 amide bonds. The van der Waals surface area contributed by atoms with Crippen LogP contribution in [0.15, 0.2) is 66.2 Å². The Hall–Kier alpha value is -3.86. The molecule has 5 heteroatoms. The summed E-state index contributed by atoms with van der Waals surface area (Å²) >= 11 is 0. The second-order valence-corrected chi connectivity index (χ2v) is 8.56. The summed E-state index contributed by atoms with van der Waals surface area (Å²) in [5.74, 6) is -0.844. The van der Waals surface area contributed by atoms with E-state index in [1.165, 1.54) is 4.90 Å².